The summed E-state index contributed by atoms with van der Waals surface area (Å²) in [6.07, 6.45) is 2.10. The van der Waals surface area contributed by atoms with Crippen LogP contribution in [0.25, 0.3) is 0 Å². The van der Waals surface area contributed by atoms with Gasteiger partial charge >= 0.3 is 0 Å². The minimum absolute atomic E-state index is 0.0987. The summed E-state index contributed by atoms with van der Waals surface area (Å²) in [5, 5.41) is 3.15. The molecule has 0 aromatic heterocycles. The minimum atomic E-state index is -2.99. The summed E-state index contributed by atoms with van der Waals surface area (Å²) in [4.78, 5) is 0. The standard InChI is InChI=1S/C13H19NO4S/c1-10(9-19(2,15)16)14-11-4-5-12-13(8-11)18-7-3-6-17-12/h4-5,8,10,14H,3,6-7,9H2,1-2H3. The van der Waals surface area contributed by atoms with Gasteiger partial charge in [-0.2, -0.15) is 0 Å². The molecule has 1 aromatic carbocycles. The van der Waals surface area contributed by atoms with Crippen molar-refractivity contribution in [3.63, 3.8) is 0 Å². The summed E-state index contributed by atoms with van der Waals surface area (Å²) in [6, 6.07) is 5.40. The van der Waals surface area contributed by atoms with E-state index in [1.54, 1.807) is 0 Å². The SMILES string of the molecule is CC(CS(C)(=O)=O)Nc1ccc2c(c1)OCCCO2. The number of fused-ring (bicyclic) bond motifs is 1. The normalized spacial score (nSPS) is 16.5. The van der Waals surface area contributed by atoms with Crippen LogP contribution < -0.4 is 14.8 Å². The van der Waals surface area contributed by atoms with E-state index in [1.807, 2.05) is 25.1 Å². The maximum absolute atomic E-state index is 11.2. The van der Waals surface area contributed by atoms with Gasteiger partial charge in [0.05, 0.1) is 19.0 Å². The van der Waals surface area contributed by atoms with Crippen molar-refractivity contribution in [3.05, 3.63) is 18.2 Å². The van der Waals surface area contributed by atoms with Gasteiger partial charge in [0.2, 0.25) is 0 Å². The van der Waals surface area contributed by atoms with Crippen LogP contribution in [0.15, 0.2) is 18.2 Å². The molecule has 0 aliphatic carbocycles. The van der Waals surface area contributed by atoms with Crippen LogP contribution in [-0.4, -0.2) is 39.7 Å². The lowest BCUT2D eigenvalue weighted by atomic mass is 10.2. The maximum Gasteiger partial charge on any atom is 0.163 e. The molecule has 0 bridgehead atoms. The Bertz CT molecular complexity index is 542. The monoisotopic (exact) mass is 285 g/mol. The average Bonchev–Trinajstić information content (AvgIpc) is 2.50. The third-order valence-corrected chi connectivity index (χ3v) is 3.82. The third kappa shape index (κ3) is 4.31. The van der Waals surface area contributed by atoms with E-state index >= 15 is 0 Å². The Labute approximate surface area is 113 Å². The van der Waals surface area contributed by atoms with Crippen molar-refractivity contribution in [3.8, 4) is 11.5 Å². The van der Waals surface area contributed by atoms with E-state index in [-0.39, 0.29) is 11.8 Å². The van der Waals surface area contributed by atoms with Gasteiger partial charge < -0.3 is 14.8 Å². The molecule has 0 radical (unpaired) electrons. The van der Waals surface area contributed by atoms with Crippen LogP contribution in [0.2, 0.25) is 0 Å². The van der Waals surface area contributed by atoms with E-state index in [9.17, 15) is 8.42 Å². The predicted octanol–water partition coefficient (Wildman–Crippen LogP) is 1.69. The van der Waals surface area contributed by atoms with E-state index < -0.39 is 9.84 Å². The summed E-state index contributed by atoms with van der Waals surface area (Å²) in [7, 11) is -2.99. The zero-order chi connectivity index (χ0) is 13.9. The van der Waals surface area contributed by atoms with Crippen LogP contribution in [-0.2, 0) is 9.84 Å². The molecule has 0 fully saturated rings. The van der Waals surface area contributed by atoms with Gasteiger partial charge in [-0.15, -0.1) is 0 Å². The Morgan fingerprint density at radius 1 is 1.26 bits per heavy atom. The van der Waals surface area contributed by atoms with Gasteiger partial charge in [0.15, 0.2) is 11.5 Å². The molecule has 19 heavy (non-hydrogen) atoms. The Morgan fingerprint density at radius 2 is 1.95 bits per heavy atom. The van der Waals surface area contributed by atoms with E-state index in [1.165, 1.54) is 6.26 Å². The van der Waals surface area contributed by atoms with Gasteiger partial charge in [-0.1, -0.05) is 0 Å². The van der Waals surface area contributed by atoms with E-state index in [0.717, 1.165) is 17.9 Å². The molecule has 2 rings (SSSR count). The van der Waals surface area contributed by atoms with Crippen molar-refractivity contribution in [2.75, 3.05) is 30.5 Å². The van der Waals surface area contributed by atoms with Gasteiger partial charge in [-0.05, 0) is 19.1 Å². The van der Waals surface area contributed by atoms with Crippen LogP contribution >= 0.6 is 0 Å². The van der Waals surface area contributed by atoms with E-state index in [0.29, 0.717) is 19.0 Å². The lowest BCUT2D eigenvalue weighted by molar-refractivity contribution is 0.297. The molecular weight excluding hydrogens is 266 g/mol. The fourth-order valence-corrected chi connectivity index (χ4v) is 3.02. The Kier molecular flexibility index (Phi) is 4.19. The first-order valence-corrected chi connectivity index (χ1v) is 8.34. The molecule has 0 spiro atoms. The van der Waals surface area contributed by atoms with Crippen molar-refractivity contribution in [2.24, 2.45) is 0 Å². The summed E-state index contributed by atoms with van der Waals surface area (Å²) < 4.78 is 33.6. The number of ether oxygens (including phenoxy) is 2. The summed E-state index contributed by atoms with van der Waals surface area (Å²) in [5.74, 6) is 1.54. The van der Waals surface area contributed by atoms with Gasteiger partial charge in [-0.3, -0.25) is 0 Å². The quantitative estimate of drug-likeness (QED) is 0.912. The van der Waals surface area contributed by atoms with Crippen molar-refractivity contribution >= 4 is 15.5 Å². The fraction of sp³-hybridized carbons (Fsp3) is 0.538. The van der Waals surface area contributed by atoms with Crippen LogP contribution in [0, 0.1) is 0 Å². The number of nitrogens with one attached hydrogen (secondary N) is 1. The number of benzene rings is 1. The van der Waals surface area contributed by atoms with Crippen LogP contribution in [0.4, 0.5) is 5.69 Å². The summed E-state index contributed by atoms with van der Waals surface area (Å²) in [5.41, 5.74) is 0.834. The molecule has 1 aromatic rings. The van der Waals surface area contributed by atoms with Crippen molar-refractivity contribution in [2.45, 2.75) is 19.4 Å². The first-order chi connectivity index (χ1) is 8.94. The van der Waals surface area contributed by atoms with Crippen LogP contribution in [0.5, 0.6) is 11.5 Å². The van der Waals surface area contributed by atoms with E-state index in [4.69, 9.17) is 9.47 Å². The lowest BCUT2D eigenvalue weighted by Crippen LogP contribution is -2.24. The molecule has 1 atom stereocenters. The Morgan fingerprint density at radius 3 is 2.63 bits per heavy atom. The second kappa shape index (κ2) is 5.69. The van der Waals surface area contributed by atoms with Crippen molar-refractivity contribution < 1.29 is 17.9 Å². The number of rotatable bonds is 4. The first kappa shape index (κ1) is 14.0. The highest BCUT2D eigenvalue weighted by Crippen LogP contribution is 2.32. The second-order valence-electron chi connectivity index (χ2n) is 4.85. The summed E-state index contributed by atoms with van der Waals surface area (Å²) in [6.45, 7) is 3.13. The molecule has 1 unspecified atom stereocenters. The first-order valence-electron chi connectivity index (χ1n) is 6.28. The highest BCUT2D eigenvalue weighted by atomic mass is 32.2. The van der Waals surface area contributed by atoms with Crippen LogP contribution in [0.3, 0.4) is 0 Å². The van der Waals surface area contributed by atoms with Crippen LogP contribution in [0.1, 0.15) is 13.3 Å². The van der Waals surface area contributed by atoms with Gasteiger partial charge in [0.25, 0.3) is 0 Å². The number of anilines is 1. The third-order valence-electron chi connectivity index (χ3n) is 2.71. The maximum atomic E-state index is 11.2. The molecule has 1 heterocycles. The summed E-state index contributed by atoms with van der Waals surface area (Å²) >= 11 is 0. The van der Waals surface area contributed by atoms with Gasteiger partial charge in [-0.25, -0.2) is 8.42 Å². The Balaban J connectivity index is 2.07. The molecule has 6 heteroatoms. The minimum Gasteiger partial charge on any atom is -0.490 e. The average molecular weight is 285 g/mol. The molecule has 1 aliphatic heterocycles. The highest BCUT2D eigenvalue weighted by molar-refractivity contribution is 7.90. The van der Waals surface area contributed by atoms with Gasteiger partial charge in [0, 0.05) is 30.5 Å². The topological polar surface area (TPSA) is 64.6 Å². The largest absolute Gasteiger partial charge is 0.490 e. The number of sulfone groups is 1. The molecule has 0 saturated carbocycles. The zero-order valence-corrected chi connectivity index (χ0v) is 12.0. The Hall–Kier alpha value is -1.43. The molecule has 5 nitrogen and oxygen atoms in total. The molecular formula is C13H19NO4S. The number of hydrogen-bond donors (Lipinski definition) is 1. The number of hydrogen-bond acceptors (Lipinski definition) is 5. The zero-order valence-electron chi connectivity index (χ0n) is 11.2. The smallest absolute Gasteiger partial charge is 0.163 e. The van der Waals surface area contributed by atoms with Gasteiger partial charge in [0.1, 0.15) is 9.84 Å². The van der Waals surface area contributed by atoms with Crippen molar-refractivity contribution in [1.82, 2.24) is 0 Å². The molecule has 0 amide bonds. The van der Waals surface area contributed by atoms with E-state index in [2.05, 4.69) is 5.32 Å². The molecule has 1 aliphatic rings. The highest BCUT2D eigenvalue weighted by Gasteiger charge is 2.13. The molecule has 0 saturated heterocycles. The predicted molar refractivity (Wildman–Crippen MR) is 74.8 cm³/mol. The molecule has 1 N–H and O–H groups in total. The fourth-order valence-electron chi connectivity index (χ4n) is 2.03. The molecule has 106 valence electrons. The second-order valence-corrected chi connectivity index (χ2v) is 7.03. The van der Waals surface area contributed by atoms with Crippen molar-refractivity contribution in [1.29, 1.82) is 0 Å². The lowest BCUT2D eigenvalue weighted by Gasteiger charge is -2.16.